The number of rotatable bonds is 4. The van der Waals surface area contributed by atoms with Crippen LogP contribution in [0.5, 0.6) is 0 Å². The number of likely N-dealkylation sites (tertiary alicyclic amines) is 1. The number of urea groups is 1. The summed E-state index contributed by atoms with van der Waals surface area (Å²) < 4.78 is 46.6. The topological polar surface area (TPSA) is 97.0 Å². The SMILES string of the molecule is O=C(NCc1ccc(F)cc1)N1CC(F)(F)C[C@H]1c1nnc(-c2cnccn2)o1. The maximum atomic E-state index is 14.1. The molecule has 0 saturated carbocycles. The number of amides is 2. The molecule has 4 rings (SSSR count). The Morgan fingerprint density at radius 3 is 2.76 bits per heavy atom. The molecule has 1 atom stereocenters. The number of hydrogen-bond acceptors (Lipinski definition) is 6. The molecular weight excluding hydrogens is 389 g/mol. The summed E-state index contributed by atoms with van der Waals surface area (Å²) in [7, 11) is 0. The van der Waals surface area contributed by atoms with Gasteiger partial charge in [-0.1, -0.05) is 12.1 Å². The van der Waals surface area contributed by atoms with Crippen LogP contribution in [0.2, 0.25) is 0 Å². The van der Waals surface area contributed by atoms with E-state index >= 15 is 0 Å². The molecule has 1 N–H and O–H groups in total. The highest BCUT2D eigenvalue weighted by molar-refractivity contribution is 5.75. The van der Waals surface area contributed by atoms with E-state index in [0.717, 1.165) is 4.90 Å². The van der Waals surface area contributed by atoms with Crippen molar-refractivity contribution < 1.29 is 22.4 Å². The number of carbonyl (C=O) groups is 1. The van der Waals surface area contributed by atoms with Crippen molar-refractivity contribution in [3.05, 3.63) is 60.1 Å². The molecule has 0 bridgehead atoms. The van der Waals surface area contributed by atoms with Gasteiger partial charge < -0.3 is 14.6 Å². The van der Waals surface area contributed by atoms with Crippen LogP contribution in [0.15, 0.2) is 47.3 Å². The van der Waals surface area contributed by atoms with E-state index in [4.69, 9.17) is 4.42 Å². The van der Waals surface area contributed by atoms with Gasteiger partial charge in [0.2, 0.25) is 5.89 Å². The number of nitrogens with one attached hydrogen (secondary N) is 1. The average Bonchev–Trinajstić information content (AvgIpc) is 3.32. The summed E-state index contributed by atoms with van der Waals surface area (Å²) in [5, 5.41) is 10.2. The van der Waals surface area contributed by atoms with Crippen molar-refractivity contribution in [3.63, 3.8) is 0 Å². The van der Waals surface area contributed by atoms with Crippen molar-refractivity contribution in [2.45, 2.75) is 24.9 Å². The number of aromatic nitrogens is 4. The summed E-state index contributed by atoms with van der Waals surface area (Å²) in [6.07, 6.45) is 3.65. The highest BCUT2D eigenvalue weighted by Crippen LogP contribution is 2.41. The van der Waals surface area contributed by atoms with Crippen LogP contribution in [-0.2, 0) is 6.54 Å². The summed E-state index contributed by atoms with van der Waals surface area (Å²) >= 11 is 0. The lowest BCUT2D eigenvalue weighted by Crippen LogP contribution is -2.40. The second-order valence-electron chi connectivity index (χ2n) is 6.53. The van der Waals surface area contributed by atoms with Crippen molar-refractivity contribution in [1.29, 1.82) is 0 Å². The number of nitrogens with zero attached hydrogens (tertiary/aromatic N) is 5. The third-order valence-electron chi connectivity index (χ3n) is 4.40. The smallest absolute Gasteiger partial charge is 0.318 e. The van der Waals surface area contributed by atoms with Gasteiger partial charge in [0, 0.05) is 25.4 Å². The van der Waals surface area contributed by atoms with Gasteiger partial charge in [-0.15, -0.1) is 10.2 Å². The second-order valence-corrected chi connectivity index (χ2v) is 6.53. The van der Waals surface area contributed by atoms with Crippen LogP contribution in [-0.4, -0.2) is 43.6 Å². The summed E-state index contributed by atoms with van der Waals surface area (Å²) in [5.41, 5.74) is 0.924. The monoisotopic (exact) mass is 404 g/mol. The Kier molecular flexibility index (Phi) is 4.87. The highest BCUT2D eigenvalue weighted by Gasteiger charge is 2.49. The first-order valence-corrected chi connectivity index (χ1v) is 8.68. The molecular formula is C18H15F3N6O2. The van der Waals surface area contributed by atoms with Gasteiger partial charge in [0.25, 0.3) is 11.8 Å². The quantitative estimate of drug-likeness (QED) is 0.718. The van der Waals surface area contributed by atoms with Gasteiger partial charge in [-0.2, -0.15) is 0 Å². The third-order valence-corrected chi connectivity index (χ3v) is 4.40. The molecule has 1 aromatic carbocycles. The van der Waals surface area contributed by atoms with Gasteiger partial charge in [0.1, 0.15) is 17.6 Å². The van der Waals surface area contributed by atoms with E-state index in [1.165, 1.54) is 42.9 Å². The summed E-state index contributed by atoms with van der Waals surface area (Å²) in [5.74, 6) is -3.59. The zero-order valence-electron chi connectivity index (χ0n) is 14.9. The number of halogens is 3. The molecule has 150 valence electrons. The number of carbonyl (C=O) groups excluding carboxylic acids is 1. The lowest BCUT2D eigenvalue weighted by Gasteiger charge is -2.21. The summed E-state index contributed by atoms with van der Waals surface area (Å²) in [6.45, 7) is -0.724. The van der Waals surface area contributed by atoms with Gasteiger partial charge in [-0.3, -0.25) is 4.98 Å². The average molecular weight is 404 g/mol. The Labute approximate surface area is 162 Å². The second kappa shape index (κ2) is 7.49. The van der Waals surface area contributed by atoms with E-state index in [2.05, 4.69) is 25.5 Å². The van der Waals surface area contributed by atoms with E-state index in [-0.39, 0.29) is 18.3 Å². The Balaban J connectivity index is 1.50. The van der Waals surface area contributed by atoms with Crippen LogP contribution in [0.25, 0.3) is 11.6 Å². The Bertz CT molecular complexity index is 996. The number of benzene rings is 1. The maximum Gasteiger partial charge on any atom is 0.318 e. The van der Waals surface area contributed by atoms with Crippen LogP contribution in [0.1, 0.15) is 23.9 Å². The minimum absolute atomic E-state index is 0.0231. The molecule has 2 aromatic heterocycles. The van der Waals surface area contributed by atoms with Crippen LogP contribution in [0, 0.1) is 5.82 Å². The Hall–Kier alpha value is -3.50. The lowest BCUT2D eigenvalue weighted by molar-refractivity contribution is 0.0144. The molecule has 29 heavy (non-hydrogen) atoms. The zero-order chi connectivity index (χ0) is 20.4. The first-order chi connectivity index (χ1) is 13.9. The standard InChI is InChI=1S/C18H15F3N6O2/c19-12-3-1-11(2-4-12)8-24-17(28)27-10-18(20,21)7-14(27)16-26-25-15(29-16)13-9-22-5-6-23-13/h1-6,9,14H,7-8,10H2,(H,24,28)/t14-/m0/s1. The minimum atomic E-state index is -3.10. The van der Waals surface area contributed by atoms with Crippen molar-refractivity contribution in [2.75, 3.05) is 6.54 Å². The van der Waals surface area contributed by atoms with Crippen molar-refractivity contribution in [2.24, 2.45) is 0 Å². The molecule has 3 aromatic rings. The summed E-state index contributed by atoms with van der Waals surface area (Å²) in [6, 6.07) is 3.70. The van der Waals surface area contributed by atoms with E-state index in [1.807, 2.05) is 0 Å². The minimum Gasteiger partial charge on any atom is -0.417 e. The fourth-order valence-electron chi connectivity index (χ4n) is 3.01. The van der Waals surface area contributed by atoms with Gasteiger partial charge in [-0.25, -0.2) is 22.9 Å². The molecule has 0 spiro atoms. The third kappa shape index (κ3) is 4.18. The van der Waals surface area contributed by atoms with Crippen molar-refractivity contribution in [1.82, 2.24) is 30.4 Å². The maximum absolute atomic E-state index is 14.1. The normalized spacial score (nSPS) is 18.0. The van der Waals surface area contributed by atoms with E-state index in [9.17, 15) is 18.0 Å². The summed E-state index contributed by atoms with van der Waals surface area (Å²) in [4.78, 5) is 21.4. The van der Waals surface area contributed by atoms with Gasteiger partial charge >= 0.3 is 6.03 Å². The Morgan fingerprint density at radius 1 is 1.24 bits per heavy atom. The first kappa shape index (κ1) is 18.8. The molecule has 2 amide bonds. The highest BCUT2D eigenvalue weighted by atomic mass is 19.3. The van der Waals surface area contributed by atoms with Gasteiger partial charge in [-0.05, 0) is 17.7 Å². The van der Waals surface area contributed by atoms with Crippen LogP contribution < -0.4 is 5.32 Å². The van der Waals surface area contributed by atoms with E-state index in [1.54, 1.807) is 0 Å². The molecule has 11 heteroatoms. The first-order valence-electron chi connectivity index (χ1n) is 8.68. The molecule has 0 radical (unpaired) electrons. The molecule has 1 fully saturated rings. The zero-order valence-corrected chi connectivity index (χ0v) is 14.9. The largest absolute Gasteiger partial charge is 0.417 e. The molecule has 1 aliphatic heterocycles. The van der Waals surface area contributed by atoms with E-state index < -0.39 is 36.8 Å². The molecule has 0 unspecified atom stereocenters. The number of alkyl halides is 2. The predicted octanol–water partition coefficient (Wildman–Crippen LogP) is 2.96. The molecule has 1 aliphatic rings. The van der Waals surface area contributed by atoms with Crippen molar-refractivity contribution in [3.8, 4) is 11.6 Å². The van der Waals surface area contributed by atoms with E-state index in [0.29, 0.717) is 11.3 Å². The number of hydrogen-bond donors (Lipinski definition) is 1. The predicted molar refractivity (Wildman–Crippen MR) is 93.0 cm³/mol. The lowest BCUT2D eigenvalue weighted by atomic mass is 10.2. The molecule has 1 saturated heterocycles. The van der Waals surface area contributed by atoms with Crippen LogP contribution >= 0.6 is 0 Å². The van der Waals surface area contributed by atoms with Crippen molar-refractivity contribution >= 4 is 6.03 Å². The fourth-order valence-corrected chi connectivity index (χ4v) is 3.01. The molecule has 3 heterocycles. The Morgan fingerprint density at radius 2 is 2.03 bits per heavy atom. The van der Waals surface area contributed by atoms with Crippen LogP contribution in [0.4, 0.5) is 18.0 Å². The van der Waals surface area contributed by atoms with Gasteiger partial charge in [0.15, 0.2) is 0 Å². The van der Waals surface area contributed by atoms with Gasteiger partial charge in [0.05, 0.1) is 12.7 Å². The fraction of sp³-hybridized carbons (Fsp3) is 0.278. The molecule has 0 aliphatic carbocycles. The van der Waals surface area contributed by atoms with Crippen LogP contribution in [0.3, 0.4) is 0 Å². The molecule has 8 nitrogen and oxygen atoms in total.